The fourth-order valence-corrected chi connectivity index (χ4v) is 3.32. The normalized spacial score (nSPS) is 11.2. The lowest BCUT2D eigenvalue weighted by molar-refractivity contribution is -0.138. The van der Waals surface area contributed by atoms with Crippen molar-refractivity contribution in [2.45, 2.75) is 16.1 Å². The van der Waals surface area contributed by atoms with Crippen LogP contribution < -0.4 is 0 Å². The van der Waals surface area contributed by atoms with Gasteiger partial charge in [-0.3, -0.25) is 0 Å². The summed E-state index contributed by atoms with van der Waals surface area (Å²) in [6.45, 7) is 0. The van der Waals surface area contributed by atoms with Gasteiger partial charge in [0, 0.05) is 15.5 Å². The second kappa shape index (κ2) is 7.40. The fourth-order valence-electron chi connectivity index (χ4n) is 2.30. The Balaban J connectivity index is 2.17. The molecule has 0 radical (unpaired) electrons. The molecule has 26 heavy (non-hydrogen) atoms. The van der Waals surface area contributed by atoms with Gasteiger partial charge in [-0.05, 0) is 30.3 Å². The van der Waals surface area contributed by atoms with Gasteiger partial charge in [0.25, 0.3) is 0 Å². The maximum Gasteiger partial charge on any atom is 0.417 e. The summed E-state index contributed by atoms with van der Waals surface area (Å²) in [6, 6.07) is 17.7. The van der Waals surface area contributed by atoms with Crippen LogP contribution in [0, 0.1) is 11.3 Å². The number of nitriles is 1. The first-order chi connectivity index (χ1) is 12.4. The predicted octanol–water partition coefficient (Wildman–Crippen LogP) is 6.44. The molecule has 2 nitrogen and oxygen atoms in total. The molecule has 0 bridgehead atoms. The van der Waals surface area contributed by atoms with Crippen molar-refractivity contribution in [1.82, 2.24) is 4.98 Å². The van der Waals surface area contributed by atoms with Crippen LogP contribution in [0.4, 0.5) is 13.2 Å². The third kappa shape index (κ3) is 4.01. The highest BCUT2D eigenvalue weighted by molar-refractivity contribution is 7.99. The highest BCUT2D eigenvalue weighted by atomic mass is 35.5. The Labute approximate surface area is 157 Å². The average molecular weight is 391 g/mol. The monoisotopic (exact) mass is 390 g/mol. The Hall–Kier alpha value is -2.49. The van der Waals surface area contributed by atoms with E-state index in [1.165, 1.54) is 0 Å². The minimum Gasteiger partial charge on any atom is -0.240 e. The molecule has 0 aliphatic carbocycles. The van der Waals surface area contributed by atoms with Crippen LogP contribution in [-0.4, -0.2) is 4.98 Å². The first-order valence-electron chi connectivity index (χ1n) is 7.39. The zero-order chi connectivity index (χ0) is 18.7. The number of aromatic nitrogens is 1. The van der Waals surface area contributed by atoms with E-state index in [4.69, 9.17) is 11.6 Å². The van der Waals surface area contributed by atoms with Crippen LogP contribution in [0.3, 0.4) is 0 Å². The summed E-state index contributed by atoms with van der Waals surface area (Å²) >= 11 is 6.83. The number of hydrogen-bond donors (Lipinski definition) is 0. The summed E-state index contributed by atoms with van der Waals surface area (Å²) in [4.78, 5) is 4.95. The van der Waals surface area contributed by atoms with Crippen molar-refractivity contribution in [2.75, 3.05) is 0 Å². The Morgan fingerprint density at radius 3 is 2.23 bits per heavy atom. The van der Waals surface area contributed by atoms with Gasteiger partial charge in [0.05, 0.1) is 16.8 Å². The van der Waals surface area contributed by atoms with Gasteiger partial charge in [-0.25, -0.2) is 4.98 Å². The molecule has 0 aliphatic heterocycles. The van der Waals surface area contributed by atoms with E-state index in [1.807, 2.05) is 0 Å². The topological polar surface area (TPSA) is 36.7 Å². The second-order valence-electron chi connectivity index (χ2n) is 5.27. The summed E-state index contributed by atoms with van der Waals surface area (Å²) in [6.07, 6.45) is -4.66. The molecule has 0 amide bonds. The van der Waals surface area contributed by atoms with Gasteiger partial charge in [0.2, 0.25) is 0 Å². The van der Waals surface area contributed by atoms with Gasteiger partial charge in [0.15, 0.2) is 0 Å². The van der Waals surface area contributed by atoms with Gasteiger partial charge in [-0.15, -0.1) is 0 Å². The smallest absolute Gasteiger partial charge is 0.240 e. The number of nitrogens with zero attached hydrogens (tertiary/aromatic N) is 2. The minimum absolute atomic E-state index is 0.00324. The van der Waals surface area contributed by atoms with Crippen molar-refractivity contribution in [2.24, 2.45) is 0 Å². The Kier molecular flexibility index (Phi) is 5.21. The van der Waals surface area contributed by atoms with E-state index >= 15 is 0 Å². The Morgan fingerprint density at radius 2 is 1.65 bits per heavy atom. The second-order valence-corrected chi connectivity index (χ2v) is 6.77. The molecular weight excluding hydrogens is 381 g/mol. The van der Waals surface area contributed by atoms with E-state index < -0.39 is 17.3 Å². The van der Waals surface area contributed by atoms with E-state index in [9.17, 15) is 18.4 Å². The molecule has 2 aromatic carbocycles. The summed E-state index contributed by atoms with van der Waals surface area (Å²) in [5.74, 6) is 0. The summed E-state index contributed by atoms with van der Waals surface area (Å²) in [5, 5.41) is 9.84. The third-order valence-corrected chi connectivity index (χ3v) is 4.75. The lowest BCUT2D eigenvalue weighted by Crippen LogP contribution is -2.10. The zero-order valence-corrected chi connectivity index (χ0v) is 14.7. The molecule has 0 saturated carbocycles. The van der Waals surface area contributed by atoms with Crippen molar-refractivity contribution in [1.29, 1.82) is 5.26 Å². The van der Waals surface area contributed by atoms with Crippen molar-refractivity contribution in [3.05, 3.63) is 76.8 Å². The van der Waals surface area contributed by atoms with Crippen molar-refractivity contribution < 1.29 is 13.2 Å². The van der Waals surface area contributed by atoms with Crippen LogP contribution in [-0.2, 0) is 6.18 Å². The number of rotatable bonds is 3. The van der Waals surface area contributed by atoms with E-state index in [-0.39, 0.29) is 10.7 Å². The number of pyridine rings is 1. The maximum atomic E-state index is 13.5. The SMILES string of the molecule is N#Cc1c(C(F)(F)F)cc(-c2ccccc2)nc1Sc1ccc(Cl)cc1. The largest absolute Gasteiger partial charge is 0.417 e. The number of hydrogen-bond acceptors (Lipinski definition) is 3. The Bertz CT molecular complexity index is 965. The summed E-state index contributed by atoms with van der Waals surface area (Å²) in [7, 11) is 0. The van der Waals surface area contributed by atoms with Crippen LogP contribution in [0.2, 0.25) is 5.02 Å². The molecule has 0 fully saturated rings. The van der Waals surface area contributed by atoms with Gasteiger partial charge in [0.1, 0.15) is 11.1 Å². The zero-order valence-electron chi connectivity index (χ0n) is 13.1. The molecule has 0 atom stereocenters. The van der Waals surface area contributed by atoms with Crippen LogP contribution in [0.15, 0.2) is 70.6 Å². The highest BCUT2D eigenvalue weighted by Crippen LogP contribution is 2.39. The standard InChI is InChI=1S/C19H10ClF3N2S/c20-13-6-8-14(9-7-13)26-18-15(11-24)16(19(21,22)23)10-17(25-18)12-4-2-1-3-5-12/h1-10H. The van der Waals surface area contributed by atoms with Crippen molar-refractivity contribution in [3.8, 4) is 17.3 Å². The molecular formula is C19H10ClF3N2S. The van der Waals surface area contributed by atoms with E-state index in [0.29, 0.717) is 15.5 Å². The molecule has 7 heteroatoms. The number of halogens is 4. The van der Waals surface area contributed by atoms with Gasteiger partial charge in [-0.1, -0.05) is 53.7 Å². The first kappa shape index (κ1) is 18.3. The molecule has 0 saturated heterocycles. The van der Waals surface area contributed by atoms with Crippen LogP contribution >= 0.6 is 23.4 Å². The van der Waals surface area contributed by atoms with Crippen LogP contribution in [0.1, 0.15) is 11.1 Å². The van der Waals surface area contributed by atoms with Crippen molar-refractivity contribution >= 4 is 23.4 Å². The van der Waals surface area contributed by atoms with Crippen molar-refractivity contribution in [3.63, 3.8) is 0 Å². The van der Waals surface area contributed by atoms with E-state index in [1.54, 1.807) is 60.7 Å². The number of benzene rings is 2. The first-order valence-corrected chi connectivity index (χ1v) is 8.59. The average Bonchev–Trinajstić information content (AvgIpc) is 2.63. The molecule has 0 unspecified atom stereocenters. The van der Waals surface area contributed by atoms with E-state index in [2.05, 4.69) is 4.98 Å². The third-order valence-electron chi connectivity index (χ3n) is 3.50. The lowest BCUT2D eigenvalue weighted by atomic mass is 10.1. The molecule has 0 N–H and O–H groups in total. The maximum absolute atomic E-state index is 13.5. The predicted molar refractivity (Wildman–Crippen MR) is 95.0 cm³/mol. The van der Waals surface area contributed by atoms with Crippen LogP contribution in [0.5, 0.6) is 0 Å². The minimum atomic E-state index is -4.66. The van der Waals surface area contributed by atoms with Gasteiger partial charge in [-0.2, -0.15) is 18.4 Å². The molecule has 3 rings (SSSR count). The Morgan fingerprint density at radius 1 is 1.00 bits per heavy atom. The number of alkyl halides is 3. The highest BCUT2D eigenvalue weighted by Gasteiger charge is 2.36. The molecule has 1 aromatic heterocycles. The van der Waals surface area contributed by atoms with Gasteiger partial charge >= 0.3 is 6.18 Å². The molecule has 3 aromatic rings. The quantitative estimate of drug-likeness (QED) is 0.516. The molecule has 1 heterocycles. The van der Waals surface area contributed by atoms with Gasteiger partial charge < -0.3 is 0 Å². The molecule has 0 spiro atoms. The summed E-state index contributed by atoms with van der Waals surface area (Å²) < 4.78 is 40.5. The van der Waals surface area contributed by atoms with Crippen LogP contribution in [0.25, 0.3) is 11.3 Å². The fraction of sp³-hybridized carbons (Fsp3) is 0.0526. The van der Waals surface area contributed by atoms with E-state index in [0.717, 1.165) is 17.8 Å². The lowest BCUT2D eigenvalue weighted by Gasteiger charge is -2.14. The molecule has 0 aliphatic rings. The summed E-state index contributed by atoms with van der Waals surface area (Å²) in [5.41, 5.74) is -0.781. The molecule has 130 valence electrons.